The molecule has 0 aromatic carbocycles. The molecule has 4 heteroatoms. The van der Waals surface area contributed by atoms with E-state index in [9.17, 15) is 0 Å². The summed E-state index contributed by atoms with van der Waals surface area (Å²) in [5, 5.41) is 4.48. The molecule has 2 aromatic heterocycles. The van der Waals surface area contributed by atoms with Crippen LogP contribution in [-0.2, 0) is 4.74 Å². The van der Waals surface area contributed by atoms with E-state index in [4.69, 9.17) is 4.74 Å². The molecule has 1 fully saturated rings. The number of aromatic nitrogens is 2. The van der Waals surface area contributed by atoms with E-state index < -0.39 is 0 Å². The van der Waals surface area contributed by atoms with Gasteiger partial charge in [0, 0.05) is 31.3 Å². The summed E-state index contributed by atoms with van der Waals surface area (Å²) >= 11 is 0. The van der Waals surface area contributed by atoms with Gasteiger partial charge < -0.3 is 10.1 Å². The van der Waals surface area contributed by atoms with Gasteiger partial charge in [0.1, 0.15) is 5.82 Å². The molecule has 3 heterocycles. The molecule has 0 aliphatic carbocycles. The molecular formula is C14H17N3O. The van der Waals surface area contributed by atoms with Crippen LogP contribution in [0.4, 0.5) is 5.82 Å². The lowest BCUT2D eigenvalue weighted by atomic mass is 10.0. The molecule has 4 nitrogen and oxygen atoms in total. The molecule has 1 aliphatic heterocycles. The average Bonchev–Trinajstić information content (AvgIpc) is 2.46. The molecule has 0 amide bonds. The van der Waals surface area contributed by atoms with Gasteiger partial charge in [-0.2, -0.15) is 0 Å². The van der Waals surface area contributed by atoms with Crippen molar-refractivity contribution in [3.05, 3.63) is 30.5 Å². The Labute approximate surface area is 106 Å². The number of pyridine rings is 2. The van der Waals surface area contributed by atoms with Gasteiger partial charge in [-0.15, -0.1) is 0 Å². The number of nitrogens with one attached hydrogen (secondary N) is 1. The highest BCUT2D eigenvalue weighted by Gasteiger charge is 2.13. The van der Waals surface area contributed by atoms with Crippen LogP contribution in [0.5, 0.6) is 0 Å². The minimum Gasteiger partial charge on any atom is -0.381 e. The fourth-order valence-electron chi connectivity index (χ4n) is 2.25. The Hall–Kier alpha value is -1.68. The van der Waals surface area contributed by atoms with Gasteiger partial charge in [-0.25, -0.2) is 9.97 Å². The Morgan fingerprint density at radius 2 is 2.11 bits per heavy atom. The SMILES string of the molecule is c1cnc2nc(NCC3CCOCC3)ccc2c1. The summed E-state index contributed by atoms with van der Waals surface area (Å²) in [6.45, 7) is 2.74. The molecule has 3 rings (SSSR count). The van der Waals surface area contributed by atoms with Crippen molar-refractivity contribution >= 4 is 16.9 Å². The summed E-state index contributed by atoms with van der Waals surface area (Å²) in [7, 11) is 0. The van der Waals surface area contributed by atoms with Crippen LogP contribution in [0.2, 0.25) is 0 Å². The maximum Gasteiger partial charge on any atom is 0.161 e. The van der Waals surface area contributed by atoms with Crippen LogP contribution in [0, 0.1) is 5.92 Å². The number of fused-ring (bicyclic) bond motifs is 1. The topological polar surface area (TPSA) is 47.0 Å². The molecule has 0 unspecified atom stereocenters. The zero-order valence-corrected chi connectivity index (χ0v) is 10.3. The number of ether oxygens (including phenoxy) is 1. The first kappa shape index (κ1) is 11.4. The van der Waals surface area contributed by atoms with Crippen LogP contribution in [0.25, 0.3) is 11.0 Å². The van der Waals surface area contributed by atoms with E-state index in [0.29, 0.717) is 5.92 Å². The molecule has 18 heavy (non-hydrogen) atoms. The molecule has 0 saturated carbocycles. The van der Waals surface area contributed by atoms with Crippen LogP contribution in [0.15, 0.2) is 30.5 Å². The molecule has 0 atom stereocenters. The van der Waals surface area contributed by atoms with Crippen molar-refractivity contribution in [3.63, 3.8) is 0 Å². The summed E-state index contributed by atoms with van der Waals surface area (Å²) in [6.07, 6.45) is 4.05. The zero-order valence-electron chi connectivity index (χ0n) is 10.3. The van der Waals surface area contributed by atoms with Gasteiger partial charge >= 0.3 is 0 Å². The van der Waals surface area contributed by atoms with Crippen molar-refractivity contribution in [2.24, 2.45) is 5.92 Å². The number of anilines is 1. The van der Waals surface area contributed by atoms with Crippen molar-refractivity contribution in [1.82, 2.24) is 9.97 Å². The molecule has 0 radical (unpaired) electrons. The Bertz CT molecular complexity index is 523. The van der Waals surface area contributed by atoms with E-state index in [0.717, 1.165) is 49.5 Å². The first-order valence-corrected chi connectivity index (χ1v) is 6.45. The Morgan fingerprint density at radius 1 is 1.22 bits per heavy atom. The lowest BCUT2D eigenvalue weighted by molar-refractivity contribution is 0.0699. The maximum atomic E-state index is 5.36. The lowest BCUT2D eigenvalue weighted by Crippen LogP contribution is -2.22. The molecule has 94 valence electrons. The zero-order chi connectivity index (χ0) is 12.2. The van der Waals surface area contributed by atoms with E-state index in [1.807, 2.05) is 18.2 Å². The smallest absolute Gasteiger partial charge is 0.161 e. The predicted molar refractivity (Wildman–Crippen MR) is 71.6 cm³/mol. The Morgan fingerprint density at radius 3 is 3.00 bits per heavy atom. The number of rotatable bonds is 3. The minimum atomic E-state index is 0.694. The molecule has 1 aliphatic rings. The average molecular weight is 243 g/mol. The first-order chi connectivity index (χ1) is 8.92. The number of hydrogen-bond donors (Lipinski definition) is 1. The van der Waals surface area contributed by atoms with E-state index in [1.54, 1.807) is 6.20 Å². The third kappa shape index (κ3) is 2.59. The van der Waals surface area contributed by atoms with Gasteiger partial charge in [-0.3, -0.25) is 0 Å². The van der Waals surface area contributed by atoms with Gasteiger partial charge in [-0.05, 0) is 43.0 Å². The normalized spacial score (nSPS) is 16.9. The molecule has 2 aromatic rings. The van der Waals surface area contributed by atoms with Gasteiger partial charge in [0.25, 0.3) is 0 Å². The van der Waals surface area contributed by atoms with Crippen molar-refractivity contribution < 1.29 is 4.74 Å². The van der Waals surface area contributed by atoms with Crippen molar-refractivity contribution in [3.8, 4) is 0 Å². The lowest BCUT2D eigenvalue weighted by Gasteiger charge is -2.22. The second-order valence-corrected chi connectivity index (χ2v) is 4.68. The summed E-state index contributed by atoms with van der Waals surface area (Å²) in [5.74, 6) is 1.60. The van der Waals surface area contributed by atoms with E-state index in [-0.39, 0.29) is 0 Å². The third-order valence-corrected chi connectivity index (χ3v) is 3.38. The van der Waals surface area contributed by atoms with Crippen LogP contribution in [0.3, 0.4) is 0 Å². The molecule has 0 bridgehead atoms. The van der Waals surface area contributed by atoms with E-state index in [2.05, 4.69) is 21.4 Å². The fourth-order valence-corrected chi connectivity index (χ4v) is 2.25. The van der Waals surface area contributed by atoms with Crippen LogP contribution < -0.4 is 5.32 Å². The highest BCUT2D eigenvalue weighted by molar-refractivity contribution is 5.76. The van der Waals surface area contributed by atoms with Crippen molar-refractivity contribution in [2.45, 2.75) is 12.8 Å². The molecule has 1 saturated heterocycles. The summed E-state index contributed by atoms with van der Waals surface area (Å²) in [5.41, 5.74) is 0.800. The molecule has 0 spiro atoms. The van der Waals surface area contributed by atoms with Crippen LogP contribution in [0.1, 0.15) is 12.8 Å². The minimum absolute atomic E-state index is 0.694. The fraction of sp³-hybridized carbons (Fsp3) is 0.429. The van der Waals surface area contributed by atoms with Crippen LogP contribution >= 0.6 is 0 Å². The number of hydrogen-bond acceptors (Lipinski definition) is 4. The standard InChI is InChI=1S/C14H17N3O/c1-2-12-3-4-13(17-14(12)15-7-1)16-10-11-5-8-18-9-6-11/h1-4,7,11H,5-6,8-10H2,(H,15,16,17). The second-order valence-electron chi connectivity index (χ2n) is 4.68. The summed E-state index contributed by atoms with van der Waals surface area (Å²) in [6, 6.07) is 8.03. The summed E-state index contributed by atoms with van der Waals surface area (Å²) < 4.78 is 5.36. The maximum absolute atomic E-state index is 5.36. The summed E-state index contributed by atoms with van der Waals surface area (Å²) in [4.78, 5) is 8.77. The highest BCUT2D eigenvalue weighted by Crippen LogP contribution is 2.17. The molecular weight excluding hydrogens is 226 g/mol. The van der Waals surface area contributed by atoms with Crippen molar-refractivity contribution in [1.29, 1.82) is 0 Å². The Kier molecular flexibility index (Phi) is 3.37. The number of nitrogens with zero attached hydrogens (tertiary/aromatic N) is 2. The van der Waals surface area contributed by atoms with Crippen molar-refractivity contribution in [2.75, 3.05) is 25.1 Å². The Balaban J connectivity index is 1.66. The monoisotopic (exact) mass is 243 g/mol. The van der Waals surface area contributed by atoms with E-state index in [1.165, 1.54) is 0 Å². The quantitative estimate of drug-likeness (QED) is 0.899. The molecule has 1 N–H and O–H groups in total. The van der Waals surface area contributed by atoms with Gasteiger partial charge in [0.05, 0.1) is 0 Å². The largest absolute Gasteiger partial charge is 0.381 e. The first-order valence-electron chi connectivity index (χ1n) is 6.45. The third-order valence-electron chi connectivity index (χ3n) is 3.38. The second kappa shape index (κ2) is 5.31. The highest BCUT2D eigenvalue weighted by atomic mass is 16.5. The van der Waals surface area contributed by atoms with Gasteiger partial charge in [0.2, 0.25) is 0 Å². The predicted octanol–water partition coefficient (Wildman–Crippen LogP) is 2.47. The van der Waals surface area contributed by atoms with E-state index >= 15 is 0 Å². The van der Waals surface area contributed by atoms with Gasteiger partial charge in [0.15, 0.2) is 5.65 Å². The van der Waals surface area contributed by atoms with Crippen LogP contribution in [-0.4, -0.2) is 29.7 Å². The van der Waals surface area contributed by atoms with Gasteiger partial charge in [-0.1, -0.05) is 0 Å².